The number of hydrogen-bond acceptors (Lipinski definition) is 7. The zero-order valence-electron chi connectivity index (χ0n) is 22.0. The van der Waals surface area contributed by atoms with Gasteiger partial charge in [-0.3, -0.25) is 9.80 Å². The van der Waals surface area contributed by atoms with E-state index in [1.54, 1.807) is 30.3 Å². The van der Waals surface area contributed by atoms with Crippen LogP contribution in [0.2, 0.25) is 0 Å². The number of nitrogens with two attached hydrogens (primary N) is 1. The molecule has 1 saturated heterocycles. The minimum atomic E-state index is -4.63. The average molecular weight is 544 g/mol. The van der Waals surface area contributed by atoms with Gasteiger partial charge < -0.3 is 21.1 Å². The number of carbonyl (C=O) groups excluding carboxylic acids is 1. The Balaban J connectivity index is 1.37. The Morgan fingerprint density at radius 1 is 1.00 bits per heavy atom. The molecular weight excluding hydrogens is 511 g/mol. The van der Waals surface area contributed by atoms with E-state index in [0.29, 0.717) is 23.5 Å². The van der Waals surface area contributed by atoms with E-state index in [-0.39, 0.29) is 23.1 Å². The number of halogens is 3. The standard InChI is InChI=1S/C27H32F3N7O2/c1-26(2,3)37-14-12-36(13-15-37)17-18-4-9-22(21(16-18)27(28,29)30)34-25(38)33-19-5-7-20(8-6-19)39-23-10-11-32-24(31)35-23/h4-11,16H,12-15,17H2,1-3H3,(H2,31,32,35)(H2,33,34,38). The van der Waals surface area contributed by atoms with Crippen molar-refractivity contribution in [2.24, 2.45) is 0 Å². The molecule has 0 unspecified atom stereocenters. The van der Waals surface area contributed by atoms with Gasteiger partial charge in [0.2, 0.25) is 11.8 Å². The molecule has 0 spiro atoms. The fourth-order valence-corrected chi connectivity index (χ4v) is 4.29. The Kier molecular flexibility index (Phi) is 8.26. The first-order chi connectivity index (χ1) is 18.4. The lowest BCUT2D eigenvalue weighted by Gasteiger charge is -2.42. The van der Waals surface area contributed by atoms with Gasteiger partial charge in [0.25, 0.3) is 0 Å². The molecular formula is C27H32F3N7O2. The summed E-state index contributed by atoms with van der Waals surface area (Å²) in [5.41, 5.74) is 5.28. The van der Waals surface area contributed by atoms with E-state index < -0.39 is 17.8 Å². The van der Waals surface area contributed by atoms with Crippen LogP contribution in [0, 0.1) is 0 Å². The number of nitrogen functional groups attached to an aromatic ring is 1. The predicted molar refractivity (Wildman–Crippen MR) is 144 cm³/mol. The van der Waals surface area contributed by atoms with E-state index in [9.17, 15) is 18.0 Å². The van der Waals surface area contributed by atoms with Gasteiger partial charge in [-0.25, -0.2) is 9.78 Å². The van der Waals surface area contributed by atoms with Crippen molar-refractivity contribution in [1.29, 1.82) is 0 Å². The number of carbonyl (C=O) groups is 1. The third kappa shape index (κ3) is 7.80. The summed E-state index contributed by atoms with van der Waals surface area (Å²) in [5.74, 6) is 0.734. The fraction of sp³-hybridized carbons (Fsp3) is 0.370. The fourth-order valence-electron chi connectivity index (χ4n) is 4.29. The number of anilines is 3. The lowest BCUT2D eigenvalue weighted by molar-refractivity contribution is -0.137. The molecule has 0 saturated carbocycles. The van der Waals surface area contributed by atoms with Crippen molar-refractivity contribution in [2.45, 2.75) is 39.0 Å². The van der Waals surface area contributed by atoms with E-state index in [0.717, 1.165) is 32.2 Å². The van der Waals surface area contributed by atoms with Crippen LogP contribution in [0.1, 0.15) is 31.9 Å². The third-order valence-electron chi connectivity index (χ3n) is 6.35. The molecule has 2 heterocycles. The predicted octanol–water partition coefficient (Wildman–Crippen LogP) is 5.43. The number of ether oxygens (including phenoxy) is 1. The van der Waals surface area contributed by atoms with Crippen molar-refractivity contribution in [1.82, 2.24) is 19.8 Å². The van der Waals surface area contributed by atoms with Crippen LogP contribution in [0.5, 0.6) is 11.6 Å². The summed E-state index contributed by atoms with van der Waals surface area (Å²) < 4.78 is 47.2. The van der Waals surface area contributed by atoms with Crippen molar-refractivity contribution >= 4 is 23.4 Å². The normalized spacial score (nSPS) is 15.1. The van der Waals surface area contributed by atoms with Gasteiger partial charge in [0.05, 0.1) is 11.3 Å². The molecule has 39 heavy (non-hydrogen) atoms. The van der Waals surface area contributed by atoms with Crippen LogP contribution in [0.3, 0.4) is 0 Å². The van der Waals surface area contributed by atoms with E-state index in [4.69, 9.17) is 10.5 Å². The van der Waals surface area contributed by atoms with Crippen LogP contribution in [-0.4, -0.2) is 57.5 Å². The maximum atomic E-state index is 13.9. The second kappa shape index (κ2) is 11.5. The number of benzene rings is 2. The number of hydrogen-bond donors (Lipinski definition) is 3. The second-order valence-corrected chi connectivity index (χ2v) is 10.3. The Labute approximate surface area is 225 Å². The van der Waals surface area contributed by atoms with Gasteiger partial charge >= 0.3 is 12.2 Å². The molecule has 208 valence electrons. The second-order valence-electron chi connectivity index (χ2n) is 10.3. The van der Waals surface area contributed by atoms with Gasteiger partial charge in [0, 0.05) is 56.2 Å². The van der Waals surface area contributed by atoms with E-state index in [2.05, 4.69) is 51.2 Å². The van der Waals surface area contributed by atoms with Gasteiger partial charge in [0.1, 0.15) is 5.75 Å². The minimum absolute atomic E-state index is 0.0614. The maximum absolute atomic E-state index is 13.9. The highest BCUT2D eigenvalue weighted by atomic mass is 19.4. The molecule has 1 aliphatic rings. The molecule has 2 aromatic carbocycles. The number of piperazine rings is 1. The maximum Gasteiger partial charge on any atom is 0.418 e. The Hall–Kier alpha value is -3.90. The van der Waals surface area contributed by atoms with Crippen molar-refractivity contribution < 1.29 is 22.7 Å². The number of aromatic nitrogens is 2. The summed E-state index contributed by atoms with van der Waals surface area (Å²) in [6.45, 7) is 10.1. The molecule has 0 bridgehead atoms. The number of alkyl halides is 3. The van der Waals surface area contributed by atoms with Gasteiger partial charge in [-0.1, -0.05) is 6.07 Å². The number of nitrogens with zero attached hydrogens (tertiary/aromatic N) is 4. The summed E-state index contributed by atoms with van der Waals surface area (Å²) in [5, 5.41) is 4.86. The molecule has 0 atom stereocenters. The van der Waals surface area contributed by atoms with Crippen molar-refractivity contribution in [3.05, 3.63) is 65.9 Å². The van der Waals surface area contributed by atoms with Crippen LogP contribution >= 0.6 is 0 Å². The molecule has 0 radical (unpaired) electrons. The monoisotopic (exact) mass is 543 g/mol. The molecule has 1 aromatic heterocycles. The highest BCUT2D eigenvalue weighted by Crippen LogP contribution is 2.36. The van der Waals surface area contributed by atoms with E-state index >= 15 is 0 Å². The van der Waals surface area contributed by atoms with E-state index in [1.807, 2.05) is 0 Å². The SMILES string of the molecule is CC(C)(C)N1CCN(Cc2ccc(NC(=O)Nc3ccc(Oc4ccnc(N)n4)cc3)c(C(F)(F)F)c2)CC1. The zero-order chi connectivity index (χ0) is 28.2. The van der Waals surface area contributed by atoms with Gasteiger partial charge in [-0.2, -0.15) is 18.2 Å². The van der Waals surface area contributed by atoms with Crippen LogP contribution in [0.25, 0.3) is 0 Å². The van der Waals surface area contributed by atoms with E-state index in [1.165, 1.54) is 18.3 Å². The molecule has 1 fully saturated rings. The summed E-state index contributed by atoms with van der Waals surface area (Å²) in [4.78, 5) is 24.7. The smallest absolute Gasteiger partial charge is 0.418 e. The van der Waals surface area contributed by atoms with Crippen LogP contribution < -0.4 is 21.1 Å². The Morgan fingerprint density at radius 3 is 2.31 bits per heavy atom. The largest absolute Gasteiger partial charge is 0.439 e. The molecule has 12 heteroatoms. The number of amides is 2. The molecule has 4 N–H and O–H groups in total. The number of rotatable bonds is 6. The minimum Gasteiger partial charge on any atom is -0.439 e. The number of urea groups is 1. The third-order valence-corrected chi connectivity index (χ3v) is 6.35. The van der Waals surface area contributed by atoms with Crippen LogP contribution in [-0.2, 0) is 12.7 Å². The summed E-state index contributed by atoms with van der Waals surface area (Å²) in [6.07, 6.45) is -3.18. The first kappa shape index (κ1) is 28.1. The molecule has 0 aliphatic carbocycles. The van der Waals surface area contributed by atoms with Gasteiger partial charge in [-0.15, -0.1) is 0 Å². The lowest BCUT2D eigenvalue weighted by Crippen LogP contribution is -2.53. The molecule has 1 aliphatic heterocycles. The molecule has 2 amide bonds. The van der Waals surface area contributed by atoms with Crippen molar-refractivity contribution in [3.8, 4) is 11.6 Å². The van der Waals surface area contributed by atoms with Crippen molar-refractivity contribution in [3.63, 3.8) is 0 Å². The Bertz CT molecular complexity index is 1290. The topological polar surface area (TPSA) is 109 Å². The highest BCUT2D eigenvalue weighted by molar-refractivity contribution is 6.00. The summed E-state index contributed by atoms with van der Waals surface area (Å²) in [7, 11) is 0. The quantitative estimate of drug-likeness (QED) is 0.380. The van der Waals surface area contributed by atoms with Crippen LogP contribution in [0.15, 0.2) is 54.7 Å². The summed E-state index contributed by atoms with van der Waals surface area (Å²) >= 11 is 0. The first-order valence-electron chi connectivity index (χ1n) is 12.5. The molecule has 3 aromatic rings. The van der Waals surface area contributed by atoms with Crippen LogP contribution in [0.4, 0.5) is 35.3 Å². The first-order valence-corrected chi connectivity index (χ1v) is 12.5. The highest BCUT2D eigenvalue weighted by Gasteiger charge is 2.34. The average Bonchev–Trinajstić information content (AvgIpc) is 2.85. The van der Waals surface area contributed by atoms with Gasteiger partial charge in [0.15, 0.2) is 0 Å². The molecule has 4 rings (SSSR count). The molecule has 9 nitrogen and oxygen atoms in total. The van der Waals surface area contributed by atoms with Crippen molar-refractivity contribution in [2.75, 3.05) is 42.5 Å². The van der Waals surface area contributed by atoms with Gasteiger partial charge in [-0.05, 0) is 62.7 Å². The zero-order valence-corrected chi connectivity index (χ0v) is 22.0. The Morgan fingerprint density at radius 2 is 1.69 bits per heavy atom. The number of nitrogens with one attached hydrogen (secondary N) is 2. The summed E-state index contributed by atoms with van der Waals surface area (Å²) in [6, 6.07) is 11.0. The lowest BCUT2D eigenvalue weighted by atomic mass is 10.0.